The molecule has 170 valence electrons. The zero-order valence-electron chi connectivity index (χ0n) is 19.0. The quantitative estimate of drug-likeness (QED) is 0.551. The minimum atomic E-state index is -0.162. The van der Waals surface area contributed by atoms with Crippen LogP contribution < -0.4 is 10.2 Å². The monoisotopic (exact) mass is 461 g/mol. The number of benzene rings is 3. The highest BCUT2D eigenvalue weighted by molar-refractivity contribution is 6.33. The Hall–Kier alpha value is -3.31. The number of rotatable bonds is 5. The van der Waals surface area contributed by atoms with Crippen LogP contribution in [0.5, 0.6) is 0 Å². The fourth-order valence-corrected chi connectivity index (χ4v) is 4.37. The number of amides is 2. The zero-order valence-corrected chi connectivity index (χ0v) is 19.7. The third-order valence-corrected chi connectivity index (χ3v) is 6.42. The first-order chi connectivity index (χ1) is 16.0. The molecule has 0 radical (unpaired) electrons. The summed E-state index contributed by atoms with van der Waals surface area (Å²) in [4.78, 5) is 29.5. The van der Waals surface area contributed by atoms with Crippen LogP contribution in [-0.4, -0.2) is 42.9 Å². The number of aryl methyl sites for hydroxylation is 2. The lowest BCUT2D eigenvalue weighted by Gasteiger charge is -2.36. The van der Waals surface area contributed by atoms with Gasteiger partial charge >= 0.3 is 0 Å². The Kier molecular flexibility index (Phi) is 6.99. The van der Waals surface area contributed by atoms with E-state index in [0.717, 1.165) is 23.2 Å². The molecule has 0 atom stereocenters. The van der Waals surface area contributed by atoms with Crippen molar-refractivity contribution in [2.45, 2.75) is 20.3 Å². The van der Waals surface area contributed by atoms with E-state index in [-0.39, 0.29) is 11.8 Å². The smallest absolute Gasteiger partial charge is 0.255 e. The van der Waals surface area contributed by atoms with Crippen LogP contribution in [0.15, 0.2) is 66.7 Å². The molecule has 6 heteroatoms. The minimum Gasteiger partial charge on any atom is -0.367 e. The number of nitrogens with zero attached hydrogens (tertiary/aromatic N) is 2. The normalized spacial score (nSPS) is 13.7. The van der Waals surface area contributed by atoms with Crippen LogP contribution in [-0.2, 0) is 6.42 Å². The molecule has 1 aliphatic rings. The van der Waals surface area contributed by atoms with E-state index < -0.39 is 0 Å². The number of carbonyl (C=O) groups is 2. The Labute approximate surface area is 200 Å². The molecular weight excluding hydrogens is 434 g/mol. The molecule has 1 aliphatic heterocycles. The fraction of sp³-hybridized carbons (Fsp3) is 0.259. The first-order valence-corrected chi connectivity index (χ1v) is 11.6. The molecule has 3 aromatic carbocycles. The van der Waals surface area contributed by atoms with Crippen molar-refractivity contribution in [1.82, 2.24) is 4.90 Å². The summed E-state index contributed by atoms with van der Waals surface area (Å²) in [6, 6.07) is 20.9. The van der Waals surface area contributed by atoms with Crippen molar-refractivity contribution in [3.63, 3.8) is 0 Å². The summed E-state index contributed by atoms with van der Waals surface area (Å²) in [5, 5.41) is 3.49. The number of carbonyl (C=O) groups excluding carboxylic acids is 2. The molecule has 33 heavy (non-hydrogen) atoms. The van der Waals surface area contributed by atoms with E-state index in [1.54, 1.807) is 6.07 Å². The van der Waals surface area contributed by atoms with Gasteiger partial charge in [0.1, 0.15) is 0 Å². The SMILES string of the molecule is CCc1ccc(C(=O)Nc2ccc(N3CCN(C(=O)c4ccccc4C)CC3)c(Cl)c2)cc1. The Morgan fingerprint density at radius 2 is 1.64 bits per heavy atom. The van der Waals surface area contributed by atoms with E-state index in [0.29, 0.717) is 42.5 Å². The molecule has 0 saturated carbocycles. The Morgan fingerprint density at radius 3 is 2.27 bits per heavy atom. The highest BCUT2D eigenvalue weighted by Crippen LogP contribution is 2.30. The molecule has 1 fully saturated rings. The van der Waals surface area contributed by atoms with Crippen LogP contribution in [0.2, 0.25) is 5.02 Å². The predicted molar refractivity (Wildman–Crippen MR) is 135 cm³/mol. The van der Waals surface area contributed by atoms with E-state index in [1.165, 1.54) is 5.56 Å². The van der Waals surface area contributed by atoms with Crippen molar-refractivity contribution in [1.29, 1.82) is 0 Å². The Bertz CT molecular complexity index is 1150. The van der Waals surface area contributed by atoms with Crippen molar-refractivity contribution in [3.8, 4) is 0 Å². The highest BCUT2D eigenvalue weighted by atomic mass is 35.5. The lowest BCUT2D eigenvalue weighted by molar-refractivity contribution is 0.0746. The second-order valence-corrected chi connectivity index (χ2v) is 8.67. The van der Waals surface area contributed by atoms with Gasteiger partial charge in [0, 0.05) is 43.0 Å². The summed E-state index contributed by atoms with van der Waals surface area (Å²) >= 11 is 6.57. The van der Waals surface area contributed by atoms with E-state index in [2.05, 4.69) is 17.1 Å². The second kappa shape index (κ2) is 10.1. The fourth-order valence-electron chi connectivity index (χ4n) is 4.07. The van der Waals surface area contributed by atoms with Gasteiger partial charge in [0.25, 0.3) is 11.8 Å². The summed E-state index contributed by atoms with van der Waals surface area (Å²) in [6.45, 7) is 6.72. The van der Waals surface area contributed by atoms with Gasteiger partial charge in [0.15, 0.2) is 0 Å². The number of hydrogen-bond acceptors (Lipinski definition) is 3. The Morgan fingerprint density at radius 1 is 0.939 bits per heavy atom. The molecule has 3 aromatic rings. The highest BCUT2D eigenvalue weighted by Gasteiger charge is 2.24. The standard InChI is InChI=1S/C27H28ClN3O2/c1-3-20-8-10-21(11-9-20)26(32)29-22-12-13-25(24(28)18-22)30-14-16-31(17-15-30)27(33)23-7-5-4-6-19(23)2/h4-13,18H,3,14-17H2,1-2H3,(H,29,32). The average molecular weight is 462 g/mol. The van der Waals surface area contributed by atoms with Gasteiger partial charge in [-0.25, -0.2) is 0 Å². The van der Waals surface area contributed by atoms with Gasteiger partial charge < -0.3 is 15.1 Å². The average Bonchev–Trinajstić information content (AvgIpc) is 2.84. The van der Waals surface area contributed by atoms with Crippen LogP contribution in [0.25, 0.3) is 0 Å². The number of hydrogen-bond donors (Lipinski definition) is 1. The summed E-state index contributed by atoms with van der Waals surface area (Å²) in [6.07, 6.45) is 0.938. The number of nitrogens with one attached hydrogen (secondary N) is 1. The number of piperazine rings is 1. The van der Waals surface area contributed by atoms with Crippen LogP contribution in [0.1, 0.15) is 38.8 Å². The van der Waals surface area contributed by atoms with E-state index in [9.17, 15) is 9.59 Å². The van der Waals surface area contributed by atoms with Crippen molar-refractivity contribution in [2.75, 3.05) is 36.4 Å². The van der Waals surface area contributed by atoms with Crippen molar-refractivity contribution in [3.05, 3.63) is 94.0 Å². The molecule has 1 heterocycles. The molecule has 0 aromatic heterocycles. The topological polar surface area (TPSA) is 52.7 Å². The van der Waals surface area contributed by atoms with Crippen molar-refractivity contribution < 1.29 is 9.59 Å². The van der Waals surface area contributed by atoms with Gasteiger partial charge in [-0.15, -0.1) is 0 Å². The Balaban J connectivity index is 1.38. The number of halogens is 1. The first kappa shape index (κ1) is 22.9. The minimum absolute atomic E-state index is 0.0730. The maximum absolute atomic E-state index is 12.9. The van der Waals surface area contributed by atoms with Gasteiger partial charge in [-0.05, 0) is 60.9 Å². The summed E-state index contributed by atoms with van der Waals surface area (Å²) in [7, 11) is 0. The largest absolute Gasteiger partial charge is 0.367 e. The molecule has 1 saturated heterocycles. The van der Waals surface area contributed by atoms with Gasteiger partial charge in [-0.2, -0.15) is 0 Å². The van der Waals surface area contributed by atoms with Crippen LogP contribution in [0.3, 0.4) is 0 Å². The zero-order chi connectivity index (χ0) is 23.4. The molecule has 0 spiro atoms. The third-order valence-electron chi connectivity index (χ3n) is 6.11. The van der Waals surface area contributed by atoms with Gasteiger partial charge in [-0.1, -0.05) is 48.9 Å². The van der Waals surface area contributed by atoms with Crippen LogP contribution in [0.4, 0.5) is 11.4 Å². The second-order valence-electron chi connectivity index (χ2n) is 8.26. The summed E-state index contributed by atoms with van der Waals surface area (Å²) in [5.41, 5.74) is 5.12. The summed E-state index contributed by atoms with van der Waals surface area (Å²) in [5.74, 6) is -0.0892. The molecule has 5 nitrogen and oxygen atoms in total. The van der Waals surface area contributed by atoms with Crippen molar-refractivity contribution in [2.24, 2.45) is 0 Å². The number of anilines is 2. The molecule has 0 bridgehead atoms. The maximum Gasteiger partial charge on any atom is 0.255 e. The van der Waals surface area contributed by atoms with Gasteiger partial charge in [-0.3, -0.25) is 9.59 Å². The predicted octanol–water partition coefficient (Wildman–Crippen LogP) is 5.43. The van der Waals surface area contributed by atoms with Crippen LogP contribution >= 0.6 is 11.6 Å². The lowest BCUT2D eigenvalue weighted by Crippen LogP contribution is -2.49. The molecule has 4 rings (SSSR count). The maximum atomic E-state index is 12.9. The third kappa shape index (κ3) is 5.20. The van der Waals surface area contributed by atoms with E-state index >= 15 is 0 Å². The van der Waals surface area contributed by atoms with Gasteiger partial charge in [0.05, 0.1) is 10.7 Å². The first-order valence-electron chi connectivity index (χ1n) is 11.3. The molecule has 1 N–H and O–H groups in total. The molecular formula is C27H28ClN3O2. The van der Waals surface area contributed by atoms with E-state index in [1.807, 2.05) is 72.5 Å². The van der Waals surface area contributed by atoms with Crippen molar-refractivity contribution >= 4 is 34.8 Å². The summed E-state index contributed by atoms with van der Waals surface area (Å²) < 4.78 is 0. The molecule has 0 unspecified atom stereocenters. The van der Waals surface area contributed by atoms with E-state index in [4.69, 9.17) is 11.6 Å². The van der Waals surface area contributed by atoms with Gasteiger partial charge in [0.2, 0.25) is 0 Å². The lowest BCUT2D eigenvalue weighted by atomic mass is 10.1. The molecule has 0 aliphatic carbocycles. The van der Waals surface area contributed by atoms with Crippen LogP contribution in [0, 0.1) is 6.92 Å². The molecule has 2 amide bonds.